The molecule has 1 aromatic carbocycles. The van der Waals surface area contributed by atoms with E-state index in [0.717, 1.165) is 0 Å². The van der Waals surface area contributed by atoms with Crippen molar-refractivity contribution in [1.29, 1.82) is 0 Å². The molecule has 0 fully saturated rings. The van der Waals surface area contributed by atoms with E-state index < -0.39 is 5.97 Å². The van der Waals surface area contributed by atoms with Gasteiger partial charge in [0.15, 0.2) is 0 Å². The maximum absolute atomic E-state index is 11.3. The first-order valence-electron chi connectivity index (χ1n) is 4.27. The summed E-state index contributed by atoms with van der Waals surface area (Å²) >= 11 is 0. The molecule has 72 valence electrons. The first-order chi connectivity index (χ1) is 6.84. The van der Waals surface area contributed by atoms with Gasteiger partial charge in [-0.05, 0) is 12.1 Å². The highest BCUT2D eigenvalue weighted by Gasteiger charge is 2.04. The molecule has 0 aromatic heterocycles. The van der Waals surface area contributed by atoms with Gasteiger partial charge in [0.1, 0.15) is 0 Å². The van der Waals surface area contributed by atoms with E-state index in [4.69, 9.17) is 11.3 Å². The molecule has 0 bridgehead atoms. The third-order valence-electron chi connectivity index (χ3n) is 1.55. The van der Waals surface area contributed by atoms with Crippen LogP contribution in [0.3, 0.4) is 0 Å². The van der Waals surface area contributed by atoms with Crippen LogP contribution in [0, 0.1) is 12.3 Å². The van der Waals surface area contributed by atoms with Gasteiger partial charge in [0.05, 0.1) is 5.56 Å². The number of rotatable bonds is 4. The summed E-state index contributed by atoms with van der Waals surface area (Å²) in [6, 6.07) is 8.76. The molecule has 0 saturated carbocycles. The van der Waals surface area contributed by atoms with Crippen LogP contribution >= 0.6 is 0 Å². The summed E-state index contributed by atoms with van der Waals surface area (Å²) in [5, 5.41) is 0. The summed E-state index contributed by atoms with van der Waals surface area (Å²) in [5.41, 5.74) is 3.01. The zero-order valence-corrected chi connectivity index (χ0v) is 7.69. The molecule has 0 radical (unpaired) electrons. The lowest BCUT2D eigenvalue weighted by molar-refractivity contribution is 0.0259. The fourth-order valence-electron chi connectivity index (χ4n) is 0.873. The van der Waals surface area contributed by atoms with Crippen LogP contribution in [-0.4, -0.2) is 12.5 Å². The zero-order valence-electron chi connectivity index (χ0n) is 7.69. The van der Waals surface area contributed by atoms with E-state index in [0.29, 0.717) is 18.5 Å². The Morgan fingerprint density at radius 3 is 2.79 bits per heavy atom. The summed E-state index contributed by atoms with van der Waals surface area (Å²) in [5.74, 6) is 2.03. The first kappa shape index (κ1) is 10.3. The molecule has 3 nitrogen and oxygen atoms in total. The molecule has 0 aliphatic carbocycles. The van der Waals surface area contributed by atoms with Crippen LogP contribution in [0.25, 0.3) is 0 Å². The number of hydroxylamine groups is 1. The summed E-state index contributed by atoms with van der Waals surface area (Å²) in [6.45, 7) is 0.467. The largest absolute Gasteiger partial charge is 0.367 e. The van der Waals surface area contributed by atoms with E-state index in [2.05, 4.69) is 11.4 Å². The molecule has 0 atom stereocenters. The highest BCUT2D eigenvalue weighted by atomic mass is 16.7. The SMILES string of the molecule is C#CCCNOC(=O)c1ccccc1. The highest BCUT2D eigenvalue weighted by molar-refractivity contribution is 5.89. The fraction of sp³-hybridized carbons (Fsp3) is 0.182. The van der Waals surface area contributed by atoms with Gasteiger partial charge < -0.3 is 4.84 Å². The Bertz CT molecular complexity index is 327. The summed E-state index contributed by atoms with van der Waals surface area (Å²) in [7, 11) is 0. The smallest absolute Gasteiger partial charge is 0.356 e. The minimum atomic E-state index is -0.400. The number of hydrogen-bond donors (Lipinski definition) is 1. The van der Waals surface area contributed by atoms with Crippen LogP contribution in [0.2, 0.25) is 0 Å². The van der Waals surface area contributed by atoms with Gasteiger partial charge in [-0.25, -0.2) is 4.79 Å². The Hall–Kier alpha value is -1.79. The molecular formula is C11H11NO2. The van der Waals surface area contributed by atoms with Gasteiger partial charge in [0.25, 0.3) is 0 Å². The Morgan fingerprint density at radius 2 is 2.14 bits per heavy atom. The molecule has 1 aromatic rings. The molecule has 0 aliphatic heterocycles. The zero-order chi connectivity index (χ0) is 10.2. The lowest BCUT2D eigenvalue weighted by Crippen LogP contribution is -2.20. The molecule has 0 amide bonds. The van der Waals surface area contributed by atoms with Gasteiger partial charge in [0.2, 0.25) is 0 Å². The fourth-order valence-corrected chi connectivity index (χ4v) is 0.873. The molecule has 0 spiro atoms. The van der Waals surface area contributed by atoms with Crippen LogP contribution in [0.1, 0.15) is 16.8 Å². The van der Waals surface area contributed by atoms with Gasteiger partial charge in [0, 0.05) is 13.0 Å². The predicted octanol–water partition coefficient (Wildman–Crippen LogP) is 1.37. The number of carbonyl (C=O) groups is 1. The van der Waals surface area contributed by atoms with Crippen molar-refractivity contribution in [2.45, 2.75) is 6.42 Å². The van der Waals surface area contributed by atoms with Crippen LogP contribution in [0.5, 0.6) is 0 Å². The van der Waals surface area contributed by atoms with E-state index >= 15 is 0 Å². The Kier molecular flexibility index (Phi) is 4.25. The van der Waals surface area contributed by atoms with Crippen molar-refractivity contribution in [3.05, 3.63) is 35.9 Å². The third kappa shape index (κ3) is 3.30. The monoisotopic (exact) mass is 189 g/mol. The first-order valence-corrected chi connectivity index (χ1v) is 4.27. The summed E-state index contributed by atoms with van der Waals surface area (Å²) in [4.78, 5) is 16.0. The maximum atomic E-state index is 11.3. The second kappa shape index (κ2) is 5.79. The molecule has 14 heavy (non-hydrogen) atoms. The van der Waals surface area contributed by atoms with Crippen molar-refractivity contribution in [3.8, 4) is 12.3 Å². The molecule has 1 rings (SSSR count). The van der Waals surface area contributed by atoms with Gasteiger partial charge >= 0.3 is 5.97 Å². The van der Waals surface area contributed by atoms with Crippen molar-refractivity contribution in [1.82, 2.24) is 5.48 Å². The number of terminal acetylenes is 1. The second-order valence-electron chi connectivity index (χ2n) is 2.60. The number of carbonyl (C=O) groups excluding carboxylic acids is 1. The Balaban J connectivity index is 2.33. The van der Waals surface area contributed by atoms with Gasteiger partial charge in [-0.1, -0.05) is 18.2 Å². The van der Waals surface area contributed by atoms with Gasteiger partial charge in [-0.3, -0.25) is 0 Å². The molecule has 3 heteroatoms. The second-order valence-corrected chi connectivity index (χ2v) is 2.60. The van der Waals surface area contributed by atoms with Crippen LogP contribution < -0.4 is 5.48 Å². The van der Waals surface area contributed by atoms with Crippen LogP contribution in [0.15, 0.2) is 30.3 Å². The minimum Gasteiger partial charge on any atom is -0.367 e. The topological polar surface area (TPSA) is 38.3 Å². The number of benzene rings is 1. The van der Waals surface area contributed by atoms with Gasteiger partial charge in [-0.15, -0.1) is 12.3 Å². The van der Waals surface area contributed by atoms with Crippen molar-refractivity contribution >= 4 is 5.97 Å². The van der Waals surface area contributed by atoms with E-state index in [-0.39, 0.29) is 0 Å². The predicted molar refractivity (Wildman–Crippen MR) is 53.3 cm³/mol. The number of nitrogens with one attached hydrogen (secondary N) is 1. The summed E-state index contributed by atoms with van der Waals surface area (Å²) in [6.07, 6.45) is 5.56. The molecule has 0 unspecified atom stereocenters. The van der Waals surface area contributed by atoms with Crippen molar-refractivity contribution in [2.24, 2.45) is 0 Å². The Labute approximate surface area is 83.0 Å². The minimum absolute atomic E-state index is 0.400. The van der Waals surface area contributed by atoms with Crippen LogP contribution in [0.4, 0.5) is 0 Å². The van der Waals surface area contributed by atoms with E-state index in [1.165, 1.54) is 0 Å². The van der Waals surface area contributed by atoms with Crippen molar-refractivity contribution in [2.75, 3.05) is 6.54 Å². The Morgan fingerprint density at radius 1 is 1.43 bits per heavy atom. The van der Waals surface area contributed by atoms with E-state index in [1.54, 1.807) is 24.3 Å². The standard InChI is InChI=1S/C11H11NO2/c1-2-3-9-12-14-11(13)10-7-5-4-6-8-10/h1,4-8,12H,3,9H2. The molecule has 1 N–H and O–H groups in total. The van der Waals surface area contributed by atoms with Gasteiger partial charge in [-0.2, -0.15) is 5.48 Å². The quantitative estimate of drug-likeness (QED) is 0.441. The highest BCUT2D eigenvalue weighted by Crippen LogP contribution is 1.99. The molecule has 0 heterocycles. The lowest BCUT2D eigenvalue weighted by atomic mass is 10.2. The normalized spacial score (nSPS) is 9.07. The number of hydrogen-bond acceptors (Lipinski definition) is 3. The average Bonchev–Trinajstić information content (AvgIpc) is 2.25. The lowest BCUT2D eigenvalue weighted by Gasteiger charge is -2.03. The molecule has 0 aliphatic rings. The van der Waals surface area contributed by atoms with Crippen molar-refractivity contribution in [3.63, 3.8) is 0 Å². The van der Waals surface area contributed by atoms with Crippen molar-refractivity contribution < 1.29 is 9.63 Å². The third-order valence-corrected chi connectivity index (χ3v) is 1.55. The molecule has 0 saturated heterocycles. The average molecular weight is 189 g/mol. The summed E-state index contributed by atoms with van der Waals surface area (Å²) < 4.78 is 0. The van der Waals surface area contributed by atoms with Crippen LogP contribution in [-0.2, 0) is 4.84 Å². The van der Waals surface area contributed by atoms with E-state index in [1.807, 2.05) is 6.07 Å². The maximum Gasteiger partial charge on any atom is 0.356 e. The van der Waals surface area contributed by atoms with E-state index in [9.17, 15) is 4.79 Å². The molecular weight excluding hydrogens is 178 g/mol.